The van der Waals surface area contributed by atoms with Gasteiger partial charge in [0.2, 0.25) is 11.8 Å². The highest BCUT2D eigenvalue weighted by molar-refractivity contribution is 5.89. The quantitative estimate of drug-likeness (QED) is 0.821. The van der Waals surface area contributed by atoms with E-state index in [9.17, 15) is 9.59 Å². The van der Waals surface area contributed by atoms with Crippen LogP contribution in [0.5, 0.6) is 0 Å². The molecule has 3 aliphatic rings. The number of carbonyl (C=O) groups is 2. The molecule has 0 spiro atoms. The average Bonchev–Trinajstić information content (AvgIpc) is 2.92. The SMILES string of the molecule is Cc1cnn(CC2CCCN2C(=O)C2CC(=O)N(CC3CC3)C2)c1. The van der Waals surface area contributed by atoms with Crippen LogP contribution in [0.2, 0.25) is 0 Å². The van der Waals surface area contributed by atoms with Crippen LogP contribution in [0.4, 0.5) is 0 Å². The third-order valence-electron chi connectivity index (χ3n) is 5.56. The maximum Gasteiger partial charge on any atom is 0.228 e. The molecule has 2 amide bonds. The number of hydrogen-bond acceptors (Lipinski definition) is 3. The lowest BCUT2D eigenvalue weighted by Gasteiger charge is -2.27. The van der Waals surface area contributed by atoms with E-state index in [1.165, 1.54) is 12.8 Å². The minimum atomic E-state index is -0.142. The lowest BCUT2D eigenvalue weighted by atomic mass is 10.1. The van der Waals surface area contributed by atoms with Gasteiger partial charge < -0.3 is 9.80 Å². The predicted molar refractivity (Wildman–Crippen MR) is 89.1 cm³/mol. The Morgan fingerprint density at radius 2 is 2.12 bits per heavy atom. The fraction of sp³-hybridized carbons (Fsp3) is 0.722. The van der Waals surface area contributed by atoms with Crippen molar-refractivity contribution in [1.29, 1.82) is 0 Å². The fourth-order valence-electron chi connectivity index (χ4n) is 4.06. The van der Waals surface area contributed by atoms with Crippen molar-refractivity contribution in [2.75, 3.05) is 19.6 Å². The van der Waals surface area contributed by atoms with Crippen LogP contribution in [-0.2, 0) is 16.1 Å². The van der Waals surface area contributed by atoms with Crippen molar-refractivity contribution in [1.82, 2.24) is 19.6 Å². The van der Waals surface area contributed by atoms with Gasteiger partial charge in [0.05, 0.1) is 24.7 Å². The first-order chi connectivity index (χ1) is 11.6. The Hall–Kier alpha value is -1.85. The van der Waals surface area contributed by atoms with Gasteiger partial charge in [0, 0.05) is 32.3 Å². The molecule has 3 fully saturated rings. The number of carbonyl (C=O) groups excluding carboxylic acids is 2. The van der Waals surface area contributed by atoms with Gasteiger partial charge in [-0.2, -0.15) is 5.10 Å². The van der Waals surface area contributed by atoms with Crippen molar-refractivity contribution in [2.45, 2.75) is 51.6 Å². The highest BCUT2D eigenvalue weighted by Crippen LogP contribution is 2.33. The molecule has 1 aliphatic carbocycles. The summed E-state index contributed by atoms with van der Waals surface area (Å²) in [5.41, 5.74) is 1.14. The molecule has 1 aromatic heterocycles. The molecule has 2 aliphatic heterocycles. The zero-order chi connectivity index (χ0) is 16.7. The first kappa shape index (κ1) is 15.7. The molecule has 2 saturated heterocycles. The van der Waals surface area contributed by atoms with Gasteiger partial charge in [0.25, 0.3) is 0 Å². The Labute approximate surface area is 142 Å². The minimum Gasteiger partial charge on any atom is -0.342 e. The van der Waals surface area contributed by atoms with E-state index in [0.717, 1.165) is 38.0 Å². The van der Waals surface area contributed by atoms with Gasteiger partial charge in [-0.15, -0.1) is 0 Å². The van der Waals surface area contributed by atoms with Crippen LogP contribution >= 0.6 is 0 Å². The number of likely N-dealkylation sites (tertiary alicyclic amines) is 2. The van der Waals surface area contributed by atoms with Gasteiger partial charge in [-0.1, -0.05) is 0 Å². The van der Waals surface area contributed by atoms with Crippen LogP contribution in [-0.4, -0.2) is 57.1 Å². The van der Waals surface area contributed by atoms with E-state index in [-0.39, 0.29) is 23.8 Å². The van der Waals surface area contributed by atoms with Crippen molar-refractivity contribution in [3.05, 3.63) is 18.0 Å². The maximum atomic E-state index is 13.0. The number of aromatic nitrogens is 2. The van der Waals surface area contributed by atoms with E-state index in [0.29, 0.717) is 18.9 Å². The predicted octanol–water partition coefficient (Wildman–Crippen LogP) is 1.44. The van der Waals surface area contributed by atoms with Crippen LogP contribution in [0.1, 0.15) is 37.7 Å². The molecule has 6 nitrogen and oxygen atoms in total. The summed E-state index contributed by atoms with van der Waals surface area (Å²) in [5.74, 6) is 0.883. The maximum absolute atomic E-state index is 13.0. The molecule has 0 bridgehead atoms. The van der Waals surface area contributed by atoms with Crippen molar-refractivity contribution in [2.24, 2.45) is 11.8 Å². The van der Waals surface area contributed by atoms with Gasteiger partial charge >= 0.3 is 0 Å². The van der Waals surface area contributed by atoms with E-state index in [1.54, 1.807) is 0 Å². The van der Waals surface area contributed by atoms with E-state index in [2.05, 4.69) is 5.10 Å². The largest absolute Gasteiger partial charge is 0.342 e. The van der Waals surface area contributed by atoms with Crippen molar-refractivity contribution >= 4 is 11.8 Å². The molecule has 0 N–H and O–H groups in total. The van der Waals surface area contributed by atoms with Gasteiger partial charge in [-0.3, -0.25) is 14.3 Å². The highest BCUT2D eigenvalue weighted by atomic mass is 16.2. The molecular formula is C18H26N4O2. The summed E-state index contributed by atoms with van der Waals surface area (Å²) in [4.78, 5) is 29.1. The van der Waals surface area contributed by atoms with Crippen molar-refractivity contribution < 1.29 is 9.59 Å². The molecule has 2 atom stereocenters. The molecular weight excluding hydrogens is 304 g/mol. The van der Waals surface area contributed by atoms with Crippen LogP contribution in [0, 0.1) is 18.8 Å². The molecule has 24 heavy (non-hydrogen) atoms. The topological polar surface area (TPSA) is 58.4 Å². The minimum absolute atomic E-state index is 0.142. The van der Waals surface area contributed by atoms with Crippen LogP contribution < -0.4 is 0 Å². The number of aryl methyl sites for hydroxylation is 1. The van der Waals surface area contributed by atoms with E-state index in [1.807, 2.05) is 33.8 Å². The summed E-state index contributed by atoms with van der Waals surface area (Å²) < 4.78 is 1.94. The average molecular weight is 330 g/mol. The summed E-state index contributed by atoms with van der Waals surface area (Å²) >= 11 is 0. The van der Waals surface area contributed by atoms with E-state index < -0.39 is 0 Å². The Morgan fingerprint density at radius 3 is 2.83 bits per heavy atom. The monoisotopic (exact) mass is 330 g/mol. The highest BCUT2D eigenvalue weighted by Gasteiger charge is 2.41. The molecule has 1 aromatic rings. The molecule has 0 radical (unpaired) electrons. The molecule has 130 valence electrons. The summed E-state index contributed by atoms with van der Waals surface area (Å²) in [6.07, 6.45) is 8.82. The molecule has 1 saturated carbocycles. The van der Waals surface area contributed by atoms with Gasteiger partial charge in [-0.05, 0) is 44.1 Å². The second-order valence-corrected chi connectivity index (χ2v) is 7.71. The number of rotatable bonds is 5. The summed E-state index contributed by atoms with van der Waals surface area (Å²) in [6, 6.07) is 0.212. The van der Waals surface area contributed by atoms with E-state index in [4.69, 9.17) is 0 Å². The first-order valence-corrected chi connectivity index (χ1v) is 9.17. The Bertz CT molecular complexity index is 637. The number of nitrogens with zero attached hydrogens (tertiary/aromatic N) is 4. The van der Waals surface area contributed by atoms with Gasteiger partial charge in [0.1, 0.15) is 0 Å². The Kier molecular flexibility index (Phi) is 4.06. The lowest BCUT2D eigenvalue weighted by Crippen LogP contribution is -2.42. The van der Waals surface area contributed by atoms with Crippen molar-refractivity contribution in [3.8, 4) is 0 Å². The zero-order valence-corrected chi connectivity index (χ0v) is 14.4. The molecule has 6 heteroatoms. The number of hydrogen-bond donors (Lipinski definition) is 0. The Balaban J connectivity index is 1.38. The van der Waals surface area contributed by atoms with Gasteiger partial charge in [0.15, 0.2) is 0 Å². The standard InChI is InChI=1S/C18H26N4O2/c1-13-8-19-21(9-13)12-16-3-2-6-22(16)18(24)15-7-17(23)20(11-15)10-14-4-5-14/h8-9,14-16H,2-7,10-12H2,1H3. The first-order valence-electron chi connectivity index (χ1n) is 9.17. The zero-order valence-electron chi connectivity index (χ0n) is 14.4. The second-order valence-electron chi connectivity index (χ2n) is 7.71. The molecule has 4 rings (SSSR count). The molecule has 0 aromatic carbocycles. The third kappa shape index (κ3) is 3.19. The summed E-state index contributed by atoms with van der Waals surface area (Å²) in [7, 11) is 0. The number of amides is 2. The van der Waals surface area contributed by atoms with Crippen LogP contribution in [0.3, 0.4) is 0 Å². The van der Waals surface area contributed by atoms with Crippen LogP contribution in [0.25, 0.3) is 0 Å². The van der Waals surface area contributed by atoms with Crippen molar-refractivity contribution in [3.63, 3.8) is 0 Å². The molecule has 2 unspecified atom stereocenters. The van der Waals surface area contributed by atoms with Gasteiger partial charge in [-0.25, -0.2) is 0 Å². The lowest BCUT2D eigenvalue weighted by molar-refractivity contribution is -0.136. The summed E-state index contributed by atoms with van der Waals surface area (Å²) in [6.45, 7) is 5.08. The fourth-order valence-corrected chi connectivity index (χ4v) is 4.06. The van der Waals surface area contributed by atoms with Crippen LogP contribution in [0.15, 0.2) is 12.4 Å². The second kappa shape index (κ2) is 6.22. The summed E-state index contributed by atoms with van der Waals surface area (Å²) in [5, 5.41) is 4.35. The van der Waals surface area contributed by atoms with E-state index >= 15 is 0 Å². The third-order valence-corrected chi connectivity index (χ3v) is 5.56. The smallest absolute Gasteiger partial charge is 0.228 e. The Morgan fingerprint density at radius 1 is 1.29 bits per heavy atom. The molecule has 3 heterocycles. The normalized spacial score (nSPS) is 27.3.